The van der Waals surface area contributed by atoms with Gasteiger partial charge in [0.25, 0.3) is 10.0 Å². The summed E-state index contributed by atoms with van der Waals surface area (Å²) in [4.78, 5) is 17.5. The highest BCUT2D eigenvalue weighted by Crippen LogP contribution is 2.26. The fraction of sp³-hybridized carbons (Fsp3) is 0.0667. The summed E-state index contributed by atoms with van der Waals surface area (Å²) < 4.78 is 34.5. The third-order valence-electron chi connectivity index (χ3n) is 5.99. The molecule has 0 saturated carbocycles. The summed E-state index contributed by atoms with van der Waals surface area (Å²) in [6, 6.07) is 23.3. The van der Waals surface area contributed by atoms with Crippen LogP contribution in [0.25, 0.3) is 27.7 Å². The Labute approximate surface area is 232 Å². The lowest BCUT2D eigenvalue weighted by Gasteiger charge is -2.11. The number of hydrogen-bond acceptors (Lipinski definition) is 8. The van der Waals surface area contributed by atoms with Crippen LogP contribution in [0.2, 0.25) is 0 Å². The Balaban J connectivity index is 1.33. The van der Waals surface area contributed by atoms with E-state index in [1.807, 2.05) is 48.5 Å². The van der Waals surface area contributed by atoms with Gasteiger partial charge >= 0.3 is 0 Å². The number of anilines is 1. The molecule has 3 aromatic carbocycles. The number of pyridine rings is 1. The summed E-state index contributed by atoms with van der Waals surface area (Å²) in [5.74, 6) is 0.574. The number of nitrogens with zero attached hydrogens (tertiary/aromatic N) is 4. The van der Waals surface area contributed by atoms with Gasteiger partial charge in [-0.1, -0.05) is 36.4 Å². The smallest absolute Gasteiger partial charge is 0.261 e. The minimum absolute atomic E-state index is 0.109. The molecule has 40 heavy (non-hydrogen) atoms. The van der Waals surface area contributed by atoms with Crippen molar-refractivity contribution in [3.8, 4) is 16.9 Å². The lowest BCUT2D eigenvalue weighted by atomic mass is 10.1. The van der Waals surface area contributed by atoms with Crippen LogP contribution in [-0.2, 0) is 16.6 Å². The van der Waals surface area contributed by atoms with E-state index in [1.54, 1.807) is 43.9 Å². The molecule has 0 fully saturated rings. The molecule has 0 atom stereocenters. The molecule has 0 amide bonds. The minimum atomic E-state index is -3.85. The van der Waals surface area contributed by atoms with Crippen LogP contribution < -0.4 is 15.2 Å². The Hall–Kier alpha value is -5.09. The van der Waals surface area contributed by atoms with Crippen LogP contribution >= 0.6 is 0 Å². The molecule has 5 aromatic rings. The topological polar surface area (TPSA) is 132 Å². The average molecular weight is 551 g/mol. The van der Waals surface area contributed by atoms with Crippen LogP contribution in [-0.4, -0.2) is 36.6 Å². The monoisotopic (exact) mass is 550 g/mol. The van der Waals surface area contributed by atoms with Crippen molar-refractivity contribution in [2.24, 2.45) is 10.7 Å². The van der Waals surface area contributed by atoms with E-state index in [0.717, 1.165) is 11.1 Å². The molecule has 0 radical (unpaired) electrons. The Bertz CT molecular complexity index is 1810. The highest BCUT2D eigenvalue weighted by Gasteiger charge is 2.15. The molecular weight excluding hydrogens is 524 g/mol. The molecule has 3 N–H and O–H groups in total. The van der Waals surface area contributed by atoms with Crippen molar-refractivity contribution in [1.82, 2.24) is 15.0 Å². The highest BCUT2D eigenvalue weighted by molar-refractivity contribution is 7.92. The van der Waals surface area contributed by atoms with Gasteiger partial charge in [0.15, 0.2) is 0 Å². The Morgan fingerprint density at radius 1 is 0.950 bits per heavy atom. The van der Waals surface area contributed by atoms with E-state index in [4.69, 9.17) is 10.5 Å². The van der Waals surface area contributed by atoms with E-state index in [2.05, 4.69) is 24.7 Å². The quantitative estimate of drug-likeness (QED) is 0.245. The fourth-order valence-electron chi connectivity index (χ4n) is 3.99. The first-order valence-electron chi connectivity index (χ1n) is 12.3. The van der Waals surface area contributed by atoms with Crippen LogP contribution in [0.1, 0.15) is 11.3 Å². The van der Waals surface area contributed by atoms with Crippen molar-refractivity contribution in [2.45, 2.75) is 11.5 Å². The van der Waals surface area contributed by atoms with Gasteiger partial charge in [-0.15, -0.1) is 0 Å². The zero-order valence-corrected chi connectivity index (χ0v) is 22.4. The van der Waals surface area contributed by atoms with Gasteiger partial charge in [0.1, 0.15) is 12.4 Å². The number of fused-ring (bicyclic) bond motifs is 1. The third kappa shape index (κ3) is 6.13. The van der Waals surface area contributed by atoms with Crippen molar-refractivity contribution >= 4 is 38.5 Å². The maximum Gasteiger partial charge on any atom is 0.261 e. The average Bonchev–Trinajstić information content (AvgIpc) is 2.99. The van der Waals surface area contributed by atoms with Crippen molar-refractivity contribution in [2.75, 3.05) is 11.8 Å². The number of sulfonamides is 1. The number of aromatic nitrogens is 3. The summed E-state index contributed by atoms with van der Waals surface area (Å²) in [6.45, 7) is 0.392. The van der Waals surface area contributed by atoms with E-state index < -0.39 is 10.0 Å². The summed E-state index contributed by atoms with van der Waals surface area (Å²) in [5, 5.41) is 0. The van der Waals surface area contributed by atoms with E-state index in [-0.39, 0.29) is 4.90 Å². The molecule has 5 rings (SSSR count). The number of hydrogen-bond donors (Lipinski definition) is 2. The SMILES string of the molecule is CN=C/C(=C\N)c1cnc2ccc(-c3cncc(NS(=O)(=O)c4ccc(OCc5ccccc5)cc4)c3)cc2n1. The lowest BCUT2D eigenvalue weighted by molar-refractivity contribution is 0.306. The normalized spacial score (nSPS) is 12.1. The van der Waals surface area contributed by atoms with Gasteiger partial charge in [-0.05, 0) is 53.6 Å². The first-order valence-corrected chi connectivity index (χ1v) is 13.8. The molecule has 0 aliphatic carbocycles. The number of nitrogens with one attached hydrogen (secondary N) is 1. The number of allylic oxidation sites excluding steroid dienone is 1. The summed E-state index contributed by atoms with van der Waals surface area (Å²) >= 11 is 0. The standard InChI is InChI=1S/C30H26N6O3S/c1-32-16-24(15-31)30-19-34-28-12-7-22(14-29(28)35-30)23-13-25(18-33-17-23)36-40(37,38)27-10-8-26(9-11-27)39-20-21-5-3-2-4-6-21/h2-19,36H,20,31H2,1H3/b24-15+,32-16?. The molecule has 200 valence electrons. The number of rotatable bonds is 9. The number of ether oxygens (including phenoxy) is 1. The Morgan fingerprint density at radius 3 is 2.50 bits per heavy atom. The van der Waals surface area contributed by atoms with Crippen LogP contribution in [0.15, 0.2) is 114 Å². The van der Waals surface area contributed by atoms with Gasteiger partial charge in [-0.3, -0.25) is 19.7 Å². The molecule has 0 aliphatic rings. The largest absolute Gasteiger partial charge is 0.489 e. The van der Waals surface area contributed by atoms with Crippen molar-refractivity contribution in [1.29, 1.82) is 0 Å². The van der Waals surface area contributed by atoms with Gasteiger partial charge in [0, 0.05) is 36.8 Å². The second kappa shape index (κ2) is 11.7. The maximum atomic E-state index is 13.1. The van der Waals surface area contributed by atoms with Crippen LogP contribution in [0, 0.1) is 0 Å². The maximum absolute atomic E-state index is 13.1. The molecule has 0 spiro atoms. The molecular formula is C30H26N6O3S. The lowest BCUT2D eigenvalue weighted by Crippen LogP contribution is -2.13. The van der Waals surface area contributed by atoms with Crippen LogP contribution in [0.5, 0.6) is 5.75 Å². The van der Waals surface area contributed by atoms with Crippen molar-refractivity contribution in [3.05, 3.63) is 115 Å². The molecule has 2 heterocycles. The molecule has 2 aromatic heterocycles. The van der Waals surface area contributed by atoms with Gasteiger partial charge in [0.05, 0.1) is 39.7 Å². The van der Waals surface area contributed by atoms with Crippen molar-refractivity contribution in [3.63, 3.8) is 0 Å². The zero-order valence-electron chi connectivity index (χ0n) is 21.6. The zero-order chi connectivity index (χ0) is 28.0. The molecule has 0 unspecified atom stereocenters. The first kappa shape index (κ1) is 26.5. The van der Waals surface area contributed by atoms with Gasteiger partial charge in [0.2, 0.25) is 0 Å². The summed E-state index contributed by atoms with van der Waals surface area (Å²) in [5.41, 5.74) is 11.2. The van der Waals surface area contributed by atoms with Crippen molar-refractivity contribution < 1.29 is 13.2 Å². The third-order valence-corrected chi connectivity index (χ3v) is 7.39. The summed E-state index contributed by atoms with van der Waals surface area (Å²) in [6.07, 6.45) is 7.80. The fourth-order valence-corrected chi connectivity index (χ4v) is 5.02. The number of aliphatic imine (C=N–C) groups is 1. The molecule has 10 heteroatoms. The highest BCUT2D eigenvalue weighted by atomic mass is 32.2. The Morgan fingerprint density at radius 2 is 1.75 bits per heavy atom. The Kier molecular flexibility index (Phi) is 7.79. The number of benzene rings is 3. The number of nitrogens with two attached hydrogens (primary N) is 1. The van der Waals surface area contributed by atoms with Gasteiger partial charge < -0.3 is 10.5 Å². The molecule has 0 saturated heterocycles. The van der Waals surface area contributed by atoms with Crippen LogP contribution in [0.3, 0.4) is 0 Å². The van der Waals surface area contributed by atoms with E-state index >= 15 is 0 Å². The molecule has 9 nitrogen and oxygen atoms in total. The van der Waals surface area contributed by atoms with Gasteiger partial charge in [-0.25, -0.2) is 13.4 Å². The summed E-state index contributed by atoms with van der Waals surface area (Å²) in [7, 11) is -2.20. The molecule has 0 bridgehead atoms. The first-order chi connectivity index (χ1) is 19.4. The van der Waals surface area contributed by atoms with Crippen LogP contribution in [0.4, 0.5) is 5.69 Å². The van der Waals surface area contributed by atoms with E-state index in [9.17, 15) is 8.42 Å². The van der Waals surface area contributed by atoms with E-state index in [0.29, 0.717) is 45.9 Å². The predicted molar refractivity (Wildman–Crippen MR) is 157 cm³/mol. The van der Waals surface area contributed by atoms with Gasteiger partial charge in [-0.2, -0.15) is 0 Å². The second-order valence-electron chi connectivity index (χ2n) is 8.78. The predicted octanol–water partition coefficient (Wildman–Crippen LogP) is 5.07. The minimum Gasteiger partial charge on any atom is -0.489 e. The molecule has 0 aliphatic heterocycles. The van der Waals surface area contributed by atoms with E-state index in [1.165, 1.54) is 24.5 Å². The second-order valence-corrected chi connectivity index (χ2v) is 10.5.